The number of methoxy groups -OCH3 is 1. The summed E-state index contributed by atoms with van der Waals surface area (Å²) < 4.78 is 12.1. The number of piperidine rings is 1. The van der Waals surface area contributed by atoms with Crippen molar-refractivity contribution in [2.75, 3.05) is 46.5 Å². The van der Waals surface area contributed by atoms with E-state index in [-0.39, 0.29) is 0 Å². The van der Waals surface area contributed by atoms with Gasteiger partial charge in [-0.1, -0.05) is 15.9 Å². The van der Waals surface area contributed by atoms with Gasteiger partial charge in [0.2, 0.25) is 0 Å². The van der Waals surface area contributed by atoms with E-state index >= 15 is 0 Å². The minimum absolute atomic E-state index is 0.740. The first kappa shape index (κ1) is 16.2. The summed E-state index contributed by atoms with van der Waals surface area (Å²) in [6.45, 7) is 7.30. The van der Waals surface area contributed by atoms with E-state index in [4.69, 9.17) is 9.47 Å². The largest absolute Gasteiger partial charge is 0.496 e. The van der Waals surface area contributed by atoms with E-state index in [1.807, 2.05) is 12.1 Å². The Labute approximate surface area is 141 Å². The van der Waals surface area contributed by atoms with Gasteiger partial charge in [-0.2, -0.15) is 0 Å². The van der Waals surface area contributed by atoms with Gasteiger partial charge in [0, 0.05) is 35.7 Å². The second-order valence-electron chi connectivity index (χ2n) is 6.11. The molecule has 0 bridgehead atoms. The molecule has 2 aliphatic rings. The van der Waals surface area contributed by atoms with Gasteiger partial charge >= 0.3 is 0 Å². The van der Waals surface area contributed by atoms with Crippen molar-refractivity contribution in [1.82, 2.24) is 9.80 Å². The van der Waals surface area contributed by atoms with Crippen LogP contribution in [-0.2, 0) is 11.3 Å². The van der Waals surface area contributed by atoms with Crippen molar-refractivity contribution in [2.24, 2.45) is 0 Å². The summed E-state index contributed by atoms with van der Waals surface area (Å²) in [7, 11) is 1.75. The number of likely N-dealkylation sites (tertiary alicyclic amines) is 1. The Balaban J connectivity index is 1.54. The lowest BCUT2D eigenvalue weighted by molar-refractivity contribution is 0.000181. The lowest BCUT2D eigenvalue weighted by Crippen LogP contribution is -2.48. The molecule has 0 radical (unpaired) electrons. The maximum absolute atomic E-state index is 5.49. The number of ether oxygens (including phenoxy) is 2. The quantitative estimate of drug-likeness (QED) is 0.815. The Morgan fingerprint density at radius 1 is 1.18 bits per heavy atom. The van der Waals surface area contributed by atoms with Crippen molar-refractivity contribution >= 4 is 15.9 Å². The maximum Gasteiger partial charge on any atom is 0.123 e. The molecule has 1 aromatic carbocycles. The average Bonchev–Trinajstić information content (AvgIpc) is 2.57. The Bertz CT molecular complexity index is 484. The zero-order valence-corrected chi connectivity index (χ0v) is 14.8. The minimum Gasteiger partial charge on any atom is -0.496 e. The molecule has 0 N–H and O–H groups in total. The monoisotopic (exact) mass is 368 g/mol. The zero-order chi connectivity index (χ0) is 15.4. The predicted molar refractivity (Wildman–Crippen MR) is 91.4 cm³/mol. The number of rotatable bonds is 4. The molecule has 2 aliphatic heterocycles. The summed E-state index contributed by atoms with van der Waals surface area (Å²) >= 11 is 3.56. The zero-order valence-electron chi connectivity index (χ0n) is 13.3. The van der Waals surface area contributed by atoms with Crippen LogP contribution in [-0.4, -0.2) is 62.3 Å². The molecule has 122 valence electrons. The van der Waals surface area contributed by atoms with Crippen LogP contribution >= 0.6 is 15.9 Å². The van der Waals surface area contributed by atoms with Crippen molar-refractivity contribution in [3.63, 3.8) is 0 Å². The summed E-state index contributed by atoms with van der Waals surface area (Å²) in [4.78, 5) is 5.15. The molecule has 0 atom stereocenters. The first-order valence-corrected chi connectivity index (χ1v) is 8.92. The Morgan fingerprint density at radius 3 is 2.59 bits per heavy atom. The number of hydrogen-bond donors (Lipinski definition) is 0. The molecule has 2 heterocycles. The Hall–Kier alpha value is -0.620. The minimum atomic E-state index is 0.740. The van der Waals surface area contributed by atoms with E-state index in [2.05, 4.69) is 31.8 Å². The summed E-state index contributed by atoms with van der Waals surface area (Å²) in [5, 5.41) is 0. The van der Waals surface area contributed by atoms with E-state index in [0.29, 0.717) is 0 Å². The third-order valence-electron chi connectivity index (χ3n) is 4.76. The van der Waals surface area contributed by atoms with E-state index in [0.717, 1.165) is 62.2 Å². The molecule has 5 heteroatoms. The summed E-state index contributed by atoms with van der Waals surface area (Å²) in [5.74, 6) is 0.985. The third kappa shape index (κ3) is 4.02. The van der Waals surface area contributed by atoms with Crippen LogP contribution in [0, 0.1) is 0 Å². The van der Waals surface area contributed by atoms with Crippen LogP contribution in [0.3, 0.4) is 0 Å². The molecule has 0 aliphatic carbocycles. The summed E-state index contributed by atoms with van der Waals surface area (Å²) in [6.07, 6.45) is 2.52. The summed E-state index contributed by atoms with van der Waals surface area (Å²) in [6, 6.07) is 6.99. The Kier molecular flexibility index (Phi) is 5.74. The molecule has 0 amide bonds. The lowest BCUT2D eigenvalue weighted by Gasteiger charge is -2.40. The molecule has 1 aromatic rings. The molecular formula is C17H25BrN2O2. The standard InChI is InChI=1S/C17H25BrN2O2/c1-21-17-3-2-15(18)12-14(17)13-19-6-4-16(5-7-19)20-8-10-22-11-9-20/h2-3,12,16H,4-11,13H2,1H3. The van der Waals surface area contributed by atoms with Crippen LogP contribution in [0.2, 0.25) is 0 Å². The number of hydrogen-bond acceptors (Lipinski definition) is 4. The van der Waals surface area contributed by atoms with Gasteiger partial charge in [-0.3, -0.25) is 9.80 Å². The molecule has 2 fully saturated rings. The van der Waals surface area contributed by atoms with E-state index in [1.165, 1.54) is 18.4 Å². The number of halogens is 1. The smallest absolute Gasteiger partial charge is 0.123 e. The number of benzene rings is 1. The van der Waals surface area contributed by atoms with Crippen LogP contribution in [0.4, 0.5) is 0 Å². The summed E-state index contributed by atoms with van der Waals surface area (Å²) in [5.41, 5.74) is 1.27. The fourth-order valence-electron chi connectivity index (χ4n) is 3.50. The second-order valence-corrected chi connectivity index (χ2v) is 7.03. The van der Waals surface area contributed by atoms with Gasteiger partial charge in [0.15, 0.2) is 0 Å². The number of nitrogens with zero attached hydrogens (tertiary/aromatic N) is 2. The van der Waals surface area contributed by atoms with Gasteiger partial charge in [-0.15, -0.1) is 0 Å². The highest BCUT2D eigenvalue weighted by atomic mass is 79.9. The van der Waals surface area contributed by atoms with E-state index in [1.54, 1.807) is 7.11 Å². The normalized spacial score (nSPS) is 21.9. The molecule has 0 unspecified atom stereocenters. The van der Waals surface area contributed by atoms with Crippen LogP contribution in [0.15, 0.2) is 22.7 Å². The van der Waals surface area contributed by atoms with Crippen LogP contribution in [0.1, 0.15) is 18.4 Å². The van der Waals surface area contributed by atoms with Gasteiger partial charge in [0.05, 0.1) is 20.3 Å². The van der Waals surface area contributed by atoms with Crippen LogP contribution in [0.25, 0.3) is 0 Å². The van der Waals surface area contributed by atoms with Crippen molar-refractivity contribution in [3.8, 4) is 5.75 Å². The first-order chi connectivity index (χ1) is 10.8. The maximum atomic E-state index is 5.49. The predicted octanol–water partition coefficient (Wildman–Crippen LogP) is 2.75. The molecule has 0 aromatic heterocycles. The Morgan fingerprint density at radius 2 is 1.91 bits per heavy atom. The van der Waals surface area contributed by atoms with Gasteiger partial charge in [0.1, 0.15) is 5.75 Å². The average molecular weight is 369 g/mol. The van der Waals surface area contributed by atoms with Crippen LogP contribution < -0.4 is 4.74 Å². The third-order valence-corrected chi connectivity index (χ3v) is 5.25. The van der Waals surface area contributed by atoms with Crippen molar-refractivity contribution in [3.05, 3.63) is 28.2 Å². The second kappa shape index (κ2) is 7.77. The van der Waals surface area contributed by atoms with Gasteiger partial charge in [-0.25, -0.2) is 0 Å². The molecule has 0 saturated carbocycles. The highest BCUT2D eigenvalue weighted by Gasteiger charge is 2.26. The molecule has 2 saturated heterocycles. The fraction of sp³-hybridized carbons (Fsp3) is 0.647. The van der Waals surface area contributed by atoms with E-state index in [9.17, 15) is 0 Å². The SMILES string of the molecule is COc1ccc(Br)cc1CN1CCC(N2CCOCC2)CC1. The lowest BCUT2D eigenvalue weighted by atomic mass is 10.0. The number of morpholine rings is 1. The molecular weight excluding hydrogens is 344 g/mol. The molecule has 4 nitrogen and oxygen atoms in total. The van der Waals surface area contributed by atoms with Gasteiger partial charge in [0.25, 0.3) is 0 Å². The van der Waals surface area contributed by atoms with E-state index < -0.39 is 0 Å². The highest BCUT2D eigenvalue weighted by molar-refractivity contribution is 9.10. The van der Waals surface area contributed by atoms with Crippen molar-refractivity contribution < 1.29 is 9.47 Å². The van der Waals surface area contributed by atoms with Gasteiger partial charge < -0.3 is 9.47 Å². The molecule has 22 heavy (non-hydrogen) atoms. The molecule has 3 rings (SSSR count). The highest BCUT2D eigenvalue weighted by Crippen LogP contribution is 2.26. The fourth-order valence-corrected chi connectivity index (χ4v) is 3.91. The first-order valence-electron chi connectivity index (χ1n) is 8.13. The van der Waals surface area contributed by atoms with Gasteiger partial charge in [-0.05, 0) is 44.1 Å². The molecule has 0 spiro atoms. The van der Waals surface area contributed by atoms with Crippen molar-refractivity contribution in [1.29, 1.82) is 0 Å². The van der Waals surface area contributed by atoms with Crippen LogP contribution in [0.5, 0.6) is 5.75 Å². The van der Waals surface area contributed by atoms with Crippen molar-refractivity contribution in [2.45, 2.75) is 25.4 Å². The topological polar surface area (TPSA) is 24.9 Å².